The molecular weight excluding hydrogens is 320 g/mol. The molecule has 0 radical (unpaired) electrons. The van der Waals surface area contributed by atoms with Crippen LogP contribution in [0.3, 0.4) is 0 Å². The summed E-state index contributed by atoms with van der Waals surface area (Å²) < 4.78 is 5.04. The number of hydrogen-bond donors (Lipinski definition) is 3. The molecule has 128 valence electrons. The molecular formula is C15H23ClN4O3. The van der Waals surface area contributed by atoms with Crippen LogP contribution in [0.1, 0.15) is 6.92 Å². The summed E-state index contributed by atoms with van der Waals surface area (Å²) in [6, 6.07) is 6.64. The molecule has 0 aromatic heterocycles. The summed E-state index contributed by atoms with van der Waals surface area (Å²) in [5, 5.41) is 8.22. The van der Waals surface area contributed by atoms with Crippen LogP contribution in [0.4, 0.5) is 10.5 Å². The highest BCUT2D eigenvalue weighted by atomic mass is 35.5. The molecule has 8 heteroatoms. The van der Waals surface area contributed by atoms with Crippen molar-refractivity contribution in [3.8, 4) is 5.75 Å². The number of urea groups is 1. The van der Waals surface area contributed by atoms with E-state index in [0.29, 0.717) is 11.4 Å². The summed E-state index contributed by atoms with van der Waals surface area (Å²) in [5.41, 5.74) is 0.599. The van der Waals surface area contributed by atoms with Gasteiger partial charge in [-0.15, -0.1) is 12.4 Å². The zero-order valence-corrected chi connectivity index (χ0v) is 14.1. The second kappa shape index (κ2) is 9.34. The van der Waals surface area contributed by atoms with Gasteiger partial charge in [0.15, 0.2) is 0 Å². The number of ether oxygens (including phenoxy) is 1. The van der Waals surface area contributed by atoms with Crippen molar-refractivity contribution < 1.29 is 14.3 Å². The van der Waals surface area contributed by atoms with E-state index in [0.717, 1.165) is 19.6 Å². The molecule has 1 heterocycles. The van der Waals surface area contributed by atoms with Crippen molar-refractivity contribution >= 4 is 30.0 Å². The molecule has 7 nitrogen and oxygen atoms in total. The maximum Gasteiger partial charge on any atom is 0.325 e. The lowest BCUT2D eigenvalue weighted by molar-refractivity contribution is -0.121. The lowest BCUT2D eigenvalue weighted by Gasteiger charge is -2.33. The number of carbonyl (C=O) groups excluding carboxylic acids is 2. The minimum atomic E-state index is -0.530. The average Bonchev–Trinajstić information content (AvgIpc) is 2.50. The van der Waals surface area contributed by atoms with E-state index in [1.54, 1.807) is 31.4 Å². The summed E-state index contributed by atoms with van der Waals surface area (Å²) in [6.07, 6.45) is 0. The predicted octanol–water partition coefficient (Wildman–Crippen LogP) is 1.06. The van der Waals surface area contributed by atoms with Gasteiger partial charge >= 0.3 is 6.03 Å². The van der Waals surface area contributed by atoms with Gasteiger partial charge in [-0.25, -0.2) is 4.79 Å². The Hall–Kier alpha value is -1.83. The minimum Gasteiger partial charge on any atom is -0.497 e. The van der Waals surface area contributed by atoms with E-state index in [2.05, 4.69) is 22.9 Å². The fourth-order valence-electron chi connectivity index (χ4n) is 2.31. The zero-order valence-electron chi connectivity index (χ0n) is 13.3. The third kappa shape index (κ3) is 6.05. The van der Waals surface area contributed by atoms with Crippen LogP contribution >= 0.6 is 12.4 Å². The van der Waals surface area contributed by atoms with Crippen molar-refractivity contribution in [3.63, 3.8) is 0 Å². The van der Waals surface area contributed by atoms with Gasteiger partial charge in [-0.05, 0) is 31.2 Å². The summed E-state index contributed by atoms with van der Waals surface area (Å²) in [5.74, 6) is 0.398. The van der Waals surface area contributed by atoms with Crippen LogP contribution in [0.15, 0.2) is 24.3 Å². The molecule has 3 amide bonds. The standard InChI is InChI=1S/C15H22N4O3.ClH/c1-11-9-16-7-8-19(11)10-14(20)18-15(21)17-12-3-5-13(22-2)6-4-12;/h3-6,11,16H,7-10H2,1-2H3,(H2,17,18,20,21);1H/t11-;/m1./s1. The van der Waals surface area contributed by atoms with Gasteiger partial charge in [0.2, 0.25) is 5.91 Å². The van der Waals surface area contributed by atoms with E-state index in [4.69, 9.17) is 4.74 Å². The summed E-state index contributed by atoms with van der Waals surface area (Å²) in [6.45, 7) is 4.78. The monoisotopic (exact) mass is 342 g/mol. The highest BCUT2D eigenvalue weighted by molar-refractivity contribution is 6.01. The van der Waals surface area contributed by atoms with Crippen molar-refractivity contribution in [3.05, 3.63) is 24.3 Å². The van der Waals surface area contributed by atoms with Crippen LogP contribution in [0.25, 0.3) is 0 Å². The normalized spacial score (nSPS) is 17.7. The molecule has 1 aromatic carbocycles. The van der Waals surface area contributed by atoms with Gasteiger partial charge in [0.05, 0.1) is 13.7 Å². The lowest BCUT2D eigenvalue weighted by Crippen LogP contribution is -2.53. The van der Waals surface area contributed by atoms with Gasteiger partial charge < -0.3 is 15.4 Å². The predicted molar refractivity (Wildman–Crippen MR) is 91.3 cm³/mol. The quantitative estimate of drug-likeness (QED) is 0.762. The maximum atomic E-state index is 11.9. The molecule has 1 aliphatic heterocycles. The Morgan fingerprint density at radius 1 is 1.35 bits per heavy atom. The summed E-state index contributed by atoms with van der Waals surface area (Å²) in [4.78, 5) is 25.7. The first-order chi connectivity index (χ1) is 10.6. The molecule has 1 atom stereocenters. The molecule has 1 saturated heterocycles. The van der Waals surface area contributed by atoms with E-state index in [1.165, 1.54) is 0 Å². The van der Waals surface area contributed by atoms with E-state index >= 15 is 0 Å². The number of halogens is 1. The fourth-order valence-corrected chi connectivity index (χ4v) is 2.31. The fraction of sp³-hybridized carbons (Fsp3) is 0.467. The van der Waals surface area contributed by atoms with Gasteiger partial charge in [0.25, 0.3) is 0 Å². The minimum absolute atomic E-state index is 0. The van der Waals surface area contributed by atoms with E-state index < -0.39 is 6.03 Å². The molecule has 1 aromatic rings. The second-order valence-electron chi connectivity index (χ2n) is 5.25. The molecule has 0 unspecified atom stereocenters. The molecule has 1 fully saturated rings. The number of amides is 3. The first-order valence-corrected chi connectivity index (χ1v) is 7.28. The van der Waals surface area contributed by atoms with Crippen LogP contribution in [0.5, 0.6) is 5.75 Å². The van der Waals surface area contributed by atoms with Crippen LogP contribution in [0, 0.1) is 0 Å². The van der Waals surface area contributed by atoms with E-state index in [9.17, 15) is 9.59 Å². The first-order valence-electron chi connectivity index (χ1n) is 7.28. The van der Waals surface area contributed by atoms with Gasteiger partial charge in [0, 0.05) is 31.4 Å². The molecule has 0 aliphatic carbocycles. The highest BCUT2D eigenvalue weighted by Gasteiger charge is 2.21. The topological polar surface area (TPSA) is 82.7 Å². The first kappa shape index (κ1) is 19.2. The number of methoxy groups -OCH3 is 1. The molecule has 23 heavy (non-hydrogen) atoms. The Morgan fingerprint density at radius 2 is 2.04 bits per heavy atom. The smallest absolute Gasteiger partial charge is 0.325 e. The Labute approximate surface area is 142 Å². The Balaban J connectivity index is 0.00000264. The molecule has 1 aliphatic rings. The van der Waals surface area contributed by atoms with Crippen LogP contribution in [-0.2, 0) is 4.79 Å². The van der Waals surface area contributed by atoms with E-state index in [1.807, 2.05) is 4.90 Å². The van der Waals surface area contributed by atoms with Crippen molar-refractivity contribution in [2.45, 2.75) is 13.0 Å². The lowest BCUT2D eigenvalue weighted by atomic mass is 10.2. The van der Waals surface area contributed by atoms with Crippen LogP contribution in [0.2, 0.25) is 0 Å². The largest absolute Gasteiger partial charge is 0.497 e. The maximum absolute atomic E-state index is 11.9. The third-order valence-corrected chi connectivity index (χ3v) is 3.59. The van der Waals surface area contributed by atoms with Gasteiger partial charge in [0.1, 0.15) is 5.75 Å². The van der Waals surface area contributed by atoms with Gasteiger partial charge in [-0.2, -0.15) is 0 Å². The SMILES string of the molecule is COc1ccc(NC(=O)NC(=O)CN2CCNC[C@H]2C)cc1.Cl. The zero-order chi connectivity index (χ0) is 15.9. The van der Waals surface area contributed by atoms with Gasteiger partial charge in [-0.1, -0.05) is 0 Å². The van der Waals surface area contributed by atoms with Crippen LogP contribution < -0.4 is 20.7 Å². The number of piperazine rings is 1. The number of rotatable bonds is 4. The Kier molecular flexibility index (Phi) is 7.80. The number of hydrogen-bond acceptors (Lipinski definition) is 5. The average molecular weight is 343 g/mol. The van der Waals surface area contributed by atoms with Crippen molar-refractivity contribution in [1.29, 1.82) is 0 Å². The molecule has 2 rings (SSSR count). The number of benzene rings is 1. The number of carbonyl (C=O) groups is 2. The number of imide groups is 1. The molecule has 0 saturated carbocycles. The van der Waals surface area contributed by atoms with Crippen molar-refractivity contribution in [2.75, 3.05) is 38.6 Å². The summed E-state index contributed by atoms with van der Waals surface area (Å²) >= 11 is 0. The van der Waals surface area contributed by atoms with Crippen molar-refractivity contribution in [2.24, 2.45) is 0 Å². The van der Waals surface area contributed by atoms with Crippen molar-refractivity contribution in [1.82, 2.24) is 15.5 Å². The number of anilines is 1. The second-order valence-corrected chi connectivity index (χ2v) is 5.25. The molecule has 0 bridgehead atoms. The third-order valence-electron chi connectivity index (χ3n) is 3.59. The molecule has 3 N–H and O–H groups in total. The number of nitrogens with one attached hydrogen (secondary N) is 3. The molecule has 0 spiro atoms. The van der Waals surface area contributed by atoms with Crippen LogP contribution in [-0.4, -0.2) is 56.2 Å². The van der Waals surface area contributed by atoms with Gasteiger partial charge in [-0.3, -0.25) is 15.0 Å². The Morgan fingerprint density at radius 3 is 2.65 bits per heavy atom. The Bertz CT molecular complexity index is 524. The number of nitrogens with zero attached hydrogens (tertiary/aromatic N) is 1. The van der Waals surface area contributed by atoms with E-state index in [-0.39, 0.29) is 30.9 Å². The highest BCUT2D eigenvalue weighted by Crippen LogP contribution is 2.14. The summed E-state index contributed by atoms with van der Waals surface area (Å²) in [7, 11) is 1.57.